The van der Waals surface area contributed by atoms with E-state index in [9.17, 15) is 15.1 Å². The van der Waals surface area contributed by atoms with Crippen LogP contribution in [-0.4, -0.2) is 36.4 Å². The van der Waals surface area contributed by atoms with Crippen LogP contribution in [0.4, 0.5) is 17.1 Å². The van der Waals surface area contributed by atoms with Gasteiger partial charge in [-0.1, -0.05) is 12.1 Å². The molecule has 0 radical (unpaired) electrons. The molecule has 67 heavy (non-hydrogen) atoms. The molecule has 0 fully saturated rings. The number of hydrogen-bond acceptors (Lipinski definition) is 9. The molecule has 3 aliphatic heterocycles. The Labute approximate surface area is 396 Å². The highest BCUT2D eigenvalue weighted by atomic mass is 16.5. The van der Waals surface area contributed by atoms with E-state index < -0.39 is 34.5 Å². The molecule has 12 nitrogen and oxygen atoms in total. The van der Waals surface area contributed by atoms with Gasteiger partial charge in [-0.15, -0.1) is 0 Å². The summed E-state index contributed by atoms with van der Waals surface area (Å²) >= 11 is 0. The highest BCUT2D eigenvalue weighted by molar-refractivity contribution is 6.62. The van der Waals surface area contributed by atoms with Crippen LogP contribution in [0.1, 0.15) is 82.5 Å². The lowest BCUT2D eigenvalue weighted by Gasteiger charge is -2.15. The van der Waals surface area contributed by atoms with Gasteiger partial charge in [0.15, 0.2) is 17.1 Å². The molecular weight excluding hydrogens is 843 g/mol. The van der Waals surface area contributed by atoms with E-state index in [-0.39, 0.29) is 6.10 Å². The van der Waals surface area contributed by atoms with Gasteiger partial charge in [-0.2, -0.15) is 0 Å². The van der Waals surface area contributed by atoms with E-state index in [0.29, 0.717) is 67.9 Å². The van der Waals surface area contributed by atoms with Crippen LogP contribution in [0.5, 0.6) is 34.5 Å². The quantitative estimate of drug-likeness (QED) is 0.111. The first-order valence-electron chi connectivity index (χ1n) is 22.7. The van der Waals surface area contributed by atoms with Crippen molar-refractivity contribution in [1.29, 1.82) is 0 Å². The molecule has 3 heterocycles. The molecule has 0 spiro atoms. The second-order valence-corrected chi connectivity index (χ2v) is 16.9. The first kappa shape index (κ1) is 45.3. The van der Waals surface area contributed by atoms with E-state index >= 15 is 0 Å². The molecule has 3 N–H and O–H groups in total. The number of benzene rings is 6. The molecule has 6 aromatic rings. The summed E-state index contributed by atoms with van der Waals surface area (Å²) in [6, 6.07) is 21.8. The lowest BCUT2D eigenvalue weighted by molar-refractivity contribution is 0.208. The van der Waals surface area contributed by atoms with Crippen LogP contribution in [0.25, 0.3) is 14.5 Å². The van der Waals surface area contributed by atoms with E-state index in [1.165, 1.54) is 0 Å². The van der Waals surface area contributed by atoms with Gasteiger partial charge in [-0.05, 0) is 213 Å². The molecule has 0 saturated heterocycles. The van der Waals surface area contributed by atoms with E-state index in [1.807, 2.05) is 124 Å². The summed E-state index contributed by atoms with van der Waals surface area (Å²) in [5.74, 6) is 3.95. The Hall–Kier alpha value is -6.86. The Balaban J connectivity index is 0.000000153. The van der Waals surface area contributed by atoms with Crippen molar-refractivity contribution in [3.05, 3.63) is 174 Å². The molecule has 9 rings (SSSR count). The summed E-state index contributed by atoms with van der Waals surface area (Å²) in [6.45, 7) is 38.8. The Morgan fingerprint density at radius 2 is 0.970 bits per heavy atom. The van der Waals surface area contributed by atoms with E-state index in [1.54, 1.807) is 18.2 Å². The summed E-state index contributed by atoms with van der Waals surface area (Å²) < 4.78 is 49.3. The Morgan fingerprint density at radius 1 is 0.522 bits per heavy atom. The van der Waals surface area contributed by atoms with Gasteiger partial charge in [0.2, 0.25) is 0 Å². The van der Waals surface area contributed by atoms with Gasteiger partial charge >= 0.3 is 21.4 Å². The van der Waals surface area contributed by atoms with Crippen LogP contribution < -0.4 is 30.6 Å². The highest BCUT2D eigenvalue weighted by Gasteiger charge is 2.35. The van der Waals surface area contributed by atoms with Crippen LogP contribution >= 0.6 is 0 Å². The van der Waals surface area contributed by atoms with E-state index in [2.05, 4.69) is 14.5 Å². The molecule has 0 bridgehead atoms. The maximum absolute atomic E-state index is 9.90. The number of fused-ring (bicyclic) bond motifs is 3. The molecule has 3 aliphatic rings. The lowest BCUT2D eigenvalue weighted by atomic mass is 9.76. The number of hydrogen-bond donors (Lipinski definition) is 3. The Kier molecular flexibility index (Phi) is 13.5. The second kappa shape index (κ2) is 19.9. The van der Waals surface area contributed by atoms with Crippen molar-refractivity contribution >= 4 is 54.8 Å². The van der Waals surface area contributed by atoms with Crippen molar-refractivity contribution < 1.29 is 46.0 Å². The minimum atomic E-state index is -1.05. The number of rotatable bonds is 6. The average molecular weight is 895 g/mol. The molecule has 3 atom stereocenters. The van der Waals surface area contributed by atoms with Crippen molar-refractivity contribution in [2.24, 2.45) is 0 Å². The Bertz CT molecular complexity index is 3010. The van der Waals surface area contributed by atoms with Crippen molar-refractivity contribution in [2.75, 3.05) is 0 Å². The normalized spacial score (nSPS) is 16.7. The fourth-order valence-electron chi connectivity index (χ4n) is 8.63. The van der Waals surface area contributed by atoms with Crippen molar-refractivity contribution in [2.45, 2.75) is 88.5 Å². The lowest BCUT2D eigenvalue weighted by Crippen LogP contribution is -2.30. The summed E-state index contributed by atoms with van der Waals surface area (Å²) in [5.41, 5.74) is 14.2. The molecular formula is C52H50B3N3O9. The summed E-state index contributed by atoms with van der Waals surface area (Å²) in [7, 11) is -2.97. The molecule has 0 saturated carbocycles. The SMILES string of the molecule is [2H]C1OB(O)c2c(C)cc(Oc3cc(C)c([N+]#[C-])c(C)c3)cc21.[2H]C1OB(O)c2cc(C)c(Oc3cc(C)c([N+]#[C-])c(C)c3)cc21.[C-]#[N+]c1c(C)cc(Oc2ccc3c(c2C)C(C)OB3O)cc1C. The van der Waals surface area contributed by atoms with E-state index in [0.717, 1.165) is 66.8 Å². The van der Waals surface area contributed by atoms with Gasteiger partial charge in [0.1, 0.15) is 34.5 Å². The minimum absolute atomic E-state index is 0.156. The zero-order chi connectivity index (χ0) is 50.2. The fraction of sp³-hybridized carbons (Fsp3) is 0.250. The molecule has 0 amide bonds. The number of nitrogens with zero attached hydrogens (tertiary/aromatic N) is 3. The molecule has 3 unspecified atom stereocenters. The molecule has 6 aromatic carbocycles. The predicted octanol–water partition coefficient (Wildman–Crippen LogP) is 10.1. The standard InChI is InChI=1S/C18H18BNO3.2C17H16BNO3/c1-10-8-14(9-11(2)18(10)20-5)22-16-7-6-15-17(12(16)3)13(4)23-19(15)21;1-10-7-15-13(9-21-18(15)20)8-16(10)22-14-5-11(2)17(19-4)12(3)6-14;1-10-5-15(8-13-9-21-18(20)16(10)13)22-14-6-11(2)17(19-4)12(3)7-14/h6-9,13,21H,1-4H3;2*5-8,20H,9H2,1-3H3/i;2*9D. The minimum Gasteiger partial charge on any atom is -0.457 e. The molecule has 15 heteroatoms. The zero-order valence-corrected chi connectivity index (χ0v) is 39.0. The predicted molar refractivity (Wildman–Crippen MR) is 262 cm³/mol. The zero-order valence-electron chi connectivity index (χ0n) is 41.0. The van der Waals surface area contributed by atoms with Gasteiger partial charge in [-0.25, -0.2) is 14.5 Å². The first-order chi connectivity index (χ1) is 32.7. The number of ether oxygens (including phenoxy) is 3. The van der Waals surface area contributed by atoms with Crippen molar-refractivity contribution in [3.63, 3.8) is 0 Å². The third-order valence-corrected chi connectivity index (χ3v) is 11.9. The van der Waals surface area contributed by atoms with Crippen LogP contribution in [-0.2, 0) is 27.1 Å². The third-order valence-electron chi connectivity index (χ3n) is 11.9. The molecule has 336 valence electrons. The second-order valence-electron chi connectivity index (χ2n) is 16.9. The van der Waals surface area contributed by atoms with Gasteiger partial charge in [0.25, 0.3) is 0 Å². The van der Waals surface area contributed by atoms with Gasteiger partial charge in [0, 0.05) is 0 Å². The van der Waals surface area contributed by atoms with E-state index in [4.69, 9.17) is 50.6 Å². The maximum atomic E-state index is 9.90. The van der Waals surface area contributed by atoms with Gasteiger partial charge < -0.3 is 43.2 Å². The fourth-order valence-corrected chi connectivity index (χ4v) is 8.63. The van der Waals surface area contributed by atoms with Gasteiger partial charge in [0.05, 0.1) is 41.7 Å². The van der Waals surface area contributed by atoms with Crippen molar-refractivity contribution in [1.82, 2.24) is 0 Å². The maximum Gasteiger partial charge on any atom is 0.492 e. The van der Waals surface area contributed by atoms with Crippen LogP contribution in [0.3, 0.4) is 0 Å². The highest BCUT2D eigenvalue weighted by Crippen LogP contribution is 2.37. The monoisotopic (exact) mass is 895 g/mol. The van der Waals surface area contributed by atoms with Crippen LogP contribution in [0, 0.1) is 82.0 Å². The third kappa shape index (κ3) is 10.1. The molecule has 0 aliphatic carbocycles. The summed E-state index contributed by atoms with van der Waals surface area (Å²) in [5, 5.41) is 29.5. The van der Waals surface area contributed by atoms with Crippen LogP contribution in [0.2, 0.25) is 0 Å². The number of aryl methyl sites for hydroxylation is 8. The Morgan fingerprint density at radius 3 is 1.49 bits per heavy atom. The largest absolute Gasteiger partial charge is 0.492 e. The summed E-state index contributed by atoms with van der Waals surface area (Å²) in [6.07, 6.45) is -0.156. The first-order valence-corrected chi connectivity index (χ1v) is 21.5. The van der Waals surface area contributed by atoms with Gasteiger partial charge in [-0.3, -0.25) is 0 Å². The topological polar surface area (TPSA) is 129 Å². The molecule has 0 aromatic heterocycles. The van der Waals surface area contributed by atoms with Crippen molar-refractivity contribution in [3.8, 4) is 34.5 Å². The average Bonchev–Trinajstić information content (AvgIpc) is 3.84. The van der Waals surface area contributed by atoms with Crippen LogP contribution in [0.15, 0.2) is 72.8 Å². The summed E-state index contributed by atoms with van der Waals surface area (Å²) in [4.78, 5) is 10.6. The smallest absolute Gasteiger partial charge is 0.457 e.